The molecule has 2 heterocycles. The Hall–Kier alpha value is -1.52. The fourth-order valence-electron chi connectivity index (χ4n) is 3.61. The highest BCUT2D eigenvalue weighted by Crippen LogP contribution is 2.49. The van der Waals surface area contributed by atoms with Crippen molar-refractivity contribution in [1.29, 1.82) is 0 Å². The van der Waals surface area contributed by atoms with Gasteiger partial charge in [-0.2, -0.15) is 0 Å². The number of aromatic nitrogens is 1. The van der Waals surface area contributed by atoms with E-state index in [1.165, 1.54) is 28.3 Å². The van der Waals surface area contributed by atoms with Crippen LogP contribution < -0.4 is 10.2 Å². The van der Waals surface area contributed by atoms with Crippen LogP contribution in [0.5, 0.6) is 0 Å². The molecule has 0 bridgehead atoms. The minimum absolute atomic E-state index is 0.618. The van der Waals surface area contributed by atoms with Gasteiger partial charge in [0.25, 0.3) is 0 Å². The van der Waals surface area contributed by atoms with Crippen LogP contribution in [-0.4, -0.2) is 30.7 Å². The lowest BCUT2D eigenvalue weighted by Gasteiger charge is -2.29. The number of likely N-dealkylation sites (N-methyl/N-ethyl adjacent to an activating group) is 1. The molecule has 22 heavy (non-hydrogen) atoms. The van der Waals surface area contributed by atoms with Crippen molar-refractivity contribution in [3.05, 3.63) is 48.8 Å². The predicted molar refractivity (Wildman–Crippen MR) is 91.5 cm³/mol. The van der Waals surface area contributed by atoms with Crippen molar-refractivity contribution < 1.29 is 0 Å². The first kappa shape index (κ1) is 14.1. The Bertz CT molecular complexity index is 646. The van der Waals surface area contributed by atoms with Crippen LogP contribution in [0, 0.1) is 5.92 Å². The first-order chi connectivity index (χ1) is 10.8. The molecule has 2 fully saturated rings. The topological polar surface area (TPSA) is 28.2 Å². The maximum Gasteiger partial charge on any atom is 0.0569 e. The van der Waals surface area contributed by atoms with E-state index in [1.54, 1.807) is 11.8 Å². The Morgan fingerprint density at radius 3 is 2.86 bits per heavy atom. The van der Waals surface area contributed by atoms with Crippen LogP contribution in [0.15, 0.2) is 58.6 Å². The van der Waals surface area contributed by atoms with Crippen molar-refractivity contribution in [2.24, 2.45) is 5.92 Å². The Morgan fingerprint density at radius 1 is 1.18 bits per heavy atom. The third-order valence-electron chi connectivity index (χ3n) is 4.63. The second-order valence-electron chi connectivity index (χ2n) is 6.21. The first-order valence-corrected chi connectivity index (χ1v) is 8.77. The van der Waals surface area contributed by atoms with Crippen LogP contribution in [0.25, 0.3) is 0 Å². The number of hydrogen-bond acceptors (Lipinski definition) is 4. The molecule has 1 aliphatic heterocycles. The summed E-state index contributed by atoms with van der Waals surface area (Å²) >= 11 is 1.79. The molecule has 1 saturated carbocycles. The number of benzene rings is 1. The molecule has 1 aromatic carbocycles. The molecule has 1 aromatic heterocycles. The summed E-state index contributed by atoms with van der Waals surface area (Å²) in [7, 11) is 2.04. The third-order valence-corrected chi connectivity index (χ3v) is 5.59. The largest absolute Gasteiger partial charge is 0.363 e. The standard InChI is InChI=1S/C18H21N3S/c1-19-10-14-7-13-8-18(13)21(14)15-9-17(12-20-11-15)22-16-5-3-2-4-6-16/h2-6,9,11-14,18-19H,7-8,10H2,1H3. The van der Waals surface area contributed by atoms with Gasteiger partial charge in [-0.1, -0.05) is 30.0 Å². The lowest BCUT2D eigenvalue weighted by Crippen LogP contribution is -2.39. The van der Waals surface area contributed by atoms with Gasteiger partial charge in [-0.25, -0.2) is 0 Å². The Morgan fingerprint density at radius 2 is 2.05 bits per heavy atom. The average Bonchev–Trinajstić information content (AvgIpc) is 3.20. The number of anilines is 1. The van der Waals surface area contributed by atoms with Gasteiger partial charge in [-0.15, -0.1) is 0 Å². The molecular formula is C18H21N3S. The van der Waals surface area contributed by atoms with E-state index in [0.29, 0.717) is 6.04 Å². The lowest BCUT2D eigenvalue weighted by molar-refractivity contribution is 0.563. The Balaban J connectivity index is 1.56. The van der Waals surface area contributed by atoms with Crippen molar-refractivity contribution in [3.8, 4) is 0 Å². The normalized spacial score (nSPS) is 26.0. The molecule has 3 atom stereocenters. The zero-order valence-electron chi connectivity index (χ0n) is 12.8. The number of fused-ring (bicyclic) bond motifs is 1. The number of piperidine rings is 1. The zero-order valence-corrected chi connectivity index (χ0v) is 13.6. The van der Waals surface area contributed by atoms with Gasteiger partial charge < -0.3 is 10.2 Å². The van der Waals surface area contributed by atoms with Gasteiger partial charge in [-0.3, -0.25) is 4.98 Å². The summed E-state index contributed by atoms with van der Waals surface area (Å²) in [6.45, 7) is 1.06. The molecule has 114 valence electrons. The summed E-state index contributed by atoms with van der Waals surface area (Å²) in [6, 6.07) is 14.2. The number of nitrogens with zero attached hydrogens (tertiary/aromatic N) is 2. The van der Waals surface area contributed by atoms with Crippen molar-refractivity contribution >= 4 is 17.4 Å². The van der Waals surface area contributed by atoms with Gasteiger partial charge in [-0.05, 0) is 44.0 Å². The van der Waals surface area contributed by atoms with Crippen LogP contribution in [0.4, 0.5) is 5.69 Å². The predicted octanol–water partition coefficient (Wildman–Crippen LogP) is 3.42. The fraction of sp³-hybridized carbons (Fsp3) is 0.389. The summed E-state index contributed by atoms with van der Waals surface area (Å²) < 4.78 is 0. The van der Waals surface area contributed by atoms with Crippen molar-refractivity contribution in [2.75, 3.05) is 18.5 Å². The van der Waals surface area contributed by atoms with Crippen LogP contribution >= 0.6 is 11.8 Å². The van der Waals surface area contributed by atoms with Gasteiger partial charge in [0.05, 0.1) is 11.9 Å². The van der Waals surface area contributed by atoms with Gasteiger partial charge in [0, 0.05) is 34.6 Å². The van der Waals surface area contributed by atoms with E-state index >= 15 is 0 Å². The molecule has 3 unspecified atom stereocenters. The number of hydrogen-bond donors (Lipinski definition) is 1. The zero-order chi connectivity index (χ0) is 14.9. The average molecular weight is 311 g/mol. The van der Waals surface area contributed by atoms with E-state index in [-0.39, 0.29) is 0 Å². The van der Waals surface area contributed by atoms with Gasteiger partial charge in [0.2, 0.25) is 0 Å². The second kappa shape index (κ2) is 5.94. The minimum atomic E-state index is 0.618. The molecule has 0 spiro atoms. The highest BCUT2D eigenvalue weighted by molar-refractivity contribution is 7.99. The summed E-state index contributed by atoms with van der Waals surface area (Å²) in [5.41, 5.74) is 1.28. The quantitative estimate of drug-likeness (QED) is 0.916. The fourth-order valence-corrected chi connectivity index (χ4v) is 4.47. The SMILES string of the molecule is CNCC1CC2CC2N1c1cncc(Sc2ccccc2)c1. The Kier molecular flexibility index (Phi) is 3.80. The van der Waals surface area contributed by atoms with Crippen LogP contribution in [0.2, 0.25) is 0 Å². The third kappa shape index (κ3) is 2.73. The van der Waals surface area contributed by atoms with E-state index in [9.17, 15) is 0 Å². The molecule has 0 radical (unpaired) electrons. The Labute approximate surface area is 136 Å². The maximum atomic E-state index is 4.49. The number of nitrogens with one attached hydrogen (secondary N) is 1. The smallest absolute Gasteiger partial charge is 0.0569 e. The molecule has 2 aliphatic rings. The monoisotopic (exact) mass is 311 g/mol. The minimum Gasteiger partial charge on any atom is -0.363 e. The number of pyridine rings is 1. The molecule has 2 aromatic rings. The van der Waals surface area contributed by atoms with Gasteiger partial charge >= 0.3 is 0 Å². The highest BCUT2D eigenvalue weighted by Gasteiger charge is 2.51. The molecular weight excluding hydrogens is 290 g/mol. The van der Waals surface area contributed by atoms with Crippen LogP contribution in [0.1, 0.15) is 12.8 Å². The van der Waals surface area contributed by atoms with Crippen LogP contribution in [-0.2, 0) is 0 Å². The highest BCUT2D eigenvalue weighted by atomic mass is 32.2. The molecule has 1 saturated heterocycles. The van der Waals surface area contributed by atoms with E-state index < -0.39 is 0 Å². The summed E-state index contributed by atoms with van der Waals surface area (Å²) in [5, 5.41) is 3.34. The first-order valence-electron chi connectivity index (χ1n) is 7.96. The second-order valence-corrected chi connectivity index (χ2v) is 7.36. The maximum absolute atomic E-state index is 4.49. The molecule has 1 aliphatic carbocycles. The van der Waals surface area contributed by atoms with E-state index in [1.807, 2.05) is 19.4 Å². The van der Waals surface area contributed by atoms with E-state index in [2.05, 4.69) is 51.6 Å². The summed E-state index contributed by atoms with van der Waals surface area (Å²) in [4.78, 5) is 9.57. The van der Waals surface area contributed by atoms with E-state index in [0.717, 1.165) is 18.5 Å². The summed E-state index contributed by atoms with van der Waals surface area (Å²) in [5.74, 6) is 0.906. The molecule has 4 heteroatoms. The van der Waals surface area contributed by atoms with E-state index in [4.69, 9.17) is 0 Å². The van der Waals surface area contributed by atoms with Crippen molar-refractivity contribution in [1.82, 2.24) is 10.3 Å². The van der Waals surface area contributed by atoms with Crippen molar-refractivity contribution in [2.45, 2.75) is 34.7 Å². The number of rotatable bonds is 5. The molecule has 1 N–H and O–H groups in total. The van der Waals surface area contributed by atoms with Gasteiger partial charge in [0.15, 0.2) is 0 Å². The lowest BCUT2D eigenvalue weighted by atomic mass is 10.1. The molecule has 3 nitrogen and oxygen atoms in total. The molecule has 4 rings (SSSR count). The van der Waals surface area contributed by atoms with Crippen LogP contribution in [0.3, 0.4) is 0 Å². The van der Waals surface area contributed by atoms with Crippen molar-refractivity contribution in [3.63, 3.8) is 0 Å². The van der Waals surface area contributed by atoms with Gasteiger partial charge in [0.1, 0.15) is 0 Å². The summed E-state index contributed by atoms with van der Waals surface area (Å²) in [6.07, 6.45) is 6.67. The molecule has 0 amide bonds.